The van der Waals surface area contributed by atoms with Crippen LogP contribution in [0.1, 0.15) is 49.4 Å². The minimum atomic E-state index is -0.383. The summed E-state index contributed by atoms with van der Waals surface area (Å²) in [6, 6.07) is 11.5. The van der Waals surface area contributed by atoms with E-state index in [4.69, 9.17) is 4.74 Å². The van der Waals surface area contributed by atoms with Gasteiger partial charge in [-0.05, 0) is 42.2 Å². The van der Waals surface area contributed by atoms with Crippen molar-refractivity contribution in [1.82, 2.24) is 10.3 Å². The zero-order valence-corrected chi connectivity index (χ0v) is 18.0. The molecule has 7 heteroatoms. The summed E-state index contributed by atoms with van der Waals surface area (Å²) in [5.74, 6) is 0.530. The van der Waals surface area contributed by atoms with E-state index >= 15 is 0 Å². The van der Waals surface area contributed by atoms with E-state index in [0.717, 1.165) is 35.0 Å². The van der Waals surface area contributed by atoms with E-state index in [1.807, 2.05) is 49.5 Å². The minimum Gasteiger partial charge on any atom is -0.493 e. The number of pyridine rings is 1. The highest BCUT2D eigenvalue weighted by Crippen LogP contribution is 2.25. The first kappa shape index (κ1) is 22.0. The number of benzene rings is 1. The van der Waals surface area contributed by atoms with Crippen molar-refractivity contribution in [2.24, 2.45) is 0 Å². The molecule has 0 bridgehead atoms. The summed E-state index contributed by atoms with van der Waals surface area (Å²) in [4.78, 5) is 39.6. The molecule has 1 aromatic carbocycles. The quantitative estimate of drug-likeness (QED) is 0.616. The first-order valence-corrected chi connectivity index (χ1v) is 11.1. The van der Waals surface area contributed by atoms with Crippen LogP contribution in [0.3, 0.4) is 0 Å². The summed E-state index contributed by atoms with van der Waals surface area (Å²) in [6.45, 7) is 4.30. The van der Waals surface area contributed by atoms with Crippen LogP contribution in [-0.4, -0.2) is 33.8 Å². The van der Waals surface area contributed by atoms with Gasteiger partial charge >= 0.3 is 0 Å². The van der Waals surface area contributed by atoms with Gasteiger partial charge in [-0.3, -0.25) is 24.7 Å². The lowest BCUT2D eigenvalue weighted by molar-refractivity contribution is -0.120. The Bertz CT molecular complexity index is 896. The number of thioether (sulfide) groups is 1. The summed E-state index contributed by atoms with van der Waals surface area (Å²) >= 11 is 1.03. The van der Waals surface area contributed by atoms with E-state index in [0.29, 0.717) is 31.6 Å². The maximum atomic E-state index is 12.0. The normalized spacial score (nSPS) is 16.9. The number of aryl methyl sites for hydroxylation is 1. The molecule has 1 fully saturated rings. The number of aromatic nitrogens is 1. The fourth-order valence-corrected chi connectivity index (χ4v) is 4.07. The second-order valence-corrected chi connectivity index (χ2v) is 8.46. The Kier molecular flexibility index (Phi) is 7.63. The van der Waals surface area contributed by atoms with Crippen LogP contribution in [-0.2, 0) is 22.4 Å². The first-order valence-electron chi connectivity index (χ1n) is 10.2. The van der Waals surface area contributed by atoms with Gasteiger partial charge in [0.1, 0.15) is 11.5 Å². The molecule has 1 N–H and O–H groups in total. The molecule has 0 aliphatic carbocycles. The Morgan fingerprint density at radius 2 is 1.87 bits per heavy atom. The number of nitrogens with zero attached hydrogens (tertiary/aromatic N) is 1. The number of imide groups is 1. The molecule has 1 saturated heterocycles. The molecule has 2 atom stereocenters. The van der Waals surface area contributed by atoms with Gasteiger partial charge in [0.05, 0.1) is 11.9 Å². The molecule has 2 aromatic rings. The lowest BCUT2D eigenvalue weighted by Gasteiger charge is -2.17. The molecule has 0 spiro atoms. The topological polar surface area (TPSA) is 85.4 Å². The van der Waals surface area contributed by atoms with Crippen LogP contribution in [0.4, 0.5) is 4.79 Å². The number of rotatable bonds is 10. The van der Waals surface area contributed by atoms with Crippen molar-refractivity contribution in [3.05, 3.63) is 59.4 Å². The Balaban J connectivity index is 1.62. The molecule has 30 heavy (non-hydrogen) atoms. The number of hydrogen-bond donors (Lipinski definition) is 1. The van der Waals surface area contributed by atoms with Gasteiger partial charge in [-0.2, -0.15) is 0 Å². The first-order chi connectivity index (χ1) is 14.5. The number of carbonyl (C=O) groups is 3. The SMILES string of the molecule is CCC(=O)CC(COc1ccc(CC2SC(=O)NC2=O)cc1)c1ccc(CC)cn1. The highest BCUT2D eigenvalue weighted by molar-refractivity contribution is 8.15. The molecular weight excluding hydrogens is 400 g/mol. The average molecular weight is 427 g/mol. The predicted molar refractivity (Wildman–Crippen MR) is 117 cm³/mol. The molecule has 0 saturated carbocycles. The van der Waals surface area contributed by atoms with Gasteiger partial charge in [0.15, 0.2) is 0 Å². The van der Waals surface area contributed by atoms with Crippen LogP contribution in [0, 0.1) is 0 Å². The molecule has 2 unspecified atom stereocenters. The fourth-order valence-electron chi connectivity index (χ4n) is 3.21. The van der Waals surface area contributed by atoms with Crippen LogP contribution in [0.25, 0.3) is 0 Å². The van der Waals surface area contributed by atoms with Crippen molar-refractivity contribution in [3.63, 3.8) is 0 Å². The molecule has 2 heterocycles. The van der Waals surface area contributed by atoms with Gasteiger partial charge in [0.25, 0.3) is 5.24 Å². The summed E-state index contributed by atoms with van der Waals surface area (Å²) in [6.07, 6.45) is 4.16. The molecule has 3 rings (SSSR count). The number of ether oxygens (including phenoxy) is 1. The fraction of sp³-hybridized carbons (Fsp3) is 0.391. The summed E-state index contributed by atoms with van der Waals surface area (Å²) in [7, 11) is 0. The van der Waals surface area contributed by atoms with Crippen LogP contribution >= 0.6 is 11.8 Å². The molecule has 1 aromatic heterocycles. The zero-order chi connectivity index (χ0) is 21.5. The van der Waals surface area contributed by atoms with Crippen molar-refractivity contribution < 1.29 is 19.1 Å². The number of hydrogen-bond acceptors (Lipinski definition) is 6. The Morgan fingerprint density at radius 3 is 2.43 bits per heavy atom. The number of amides is 2. The molecule has 158 valence electrons. The predicted octanol–water partition coefficient (Wildman–Crippen LogP) is 4.07. The van der Waals surface area contributed by atoms with Gasteiger partial charge in [-0.15, -0.1) is 0 Å². The van der Waals surface area contributed by atoms with Crippen molar-refractivity contribution in [2.45, 2.75) is 50.7 Å². The number of nitrogens with one attached hydrogen (secondary N) is 1. The third-order valence-corrected chi connectivity index (χ3v) is 6.09. The maximum absolute atomic E-state index is 12.0. The van der Waals surface area contributed by atoms with Crippen molar-refractivity contribution in [3.8, 4) is 5.75 Å². The summed E-state index contributed by atoms with van der Waals surface area (Å²) < 4.78 is 5.96. The Labute approximate surface area is 180 Å². The van der Waals surface area contributed by atoms with E-state index in [1.54, 1.807) is 0 Å². The number of carbonyl (C=O) groups excluding carboxylic acids is 3. The standard InChI is InChI=1S/C23H26N2O4S/c1-3-15-7-10-20(24-13-15)17(12-18(26)4-2)14-29-19-8-5-16(6-9-19)11-21-22(27)25-23(28)30-21/h5-10,13,17,21H,3-4,11-12,14H2,1-2H3,(H,25,27,28). The van der Waals surface area contributed by atoms with Crippen LogP contribution in [0.15, 0.2) is 42.6 Å². The smallest absolute Gasteiger partial charge is 0.286 e. The van der Waals surface area contributed by atoms with E-state index in [2.05, 4.69) is 17.2 Å². The highest BCUT2D eigenvalue weighted by Gasteiger charge is 2.31. The van der Waals surface area contributed by atoms with Crippen LogP contribution in [0.2, 0.25) is 0 Å². The summed E-state index contributed by atoms with van der Waals surface area (Å²) in [5, 5.41) is 1.62. The van der Waals surface area contributed by atoms with Gasteiger partial charge in [-0.1, -0.05) is 43.8 Å². The van der Waals surface area contributed by atoms with Crippen LogP contribution < -0.4 is 10.1 Å². The monoisotopic (exact) mass is 426 g/mol. The van der Waals surface area contributed by atoms with E-state index in [-0.39, 0.29) is 28.1 Å². The Morgan fingerprint density at radius 1 is 1.13 bits per heavy atom. The van der Waals surface area contributed by atoms with Gasteiger partial charge in [0, 0.05) is 30.7 Å². The summed E-state index contributed by atoms with van der Waals surface area (Å²) in [5.41, 5.74) is 2.98. The molecule has 0 radical (unpaired) electrons. The largest absolute Gasteiger partial charge is 0.493 e. The average Bonchev–Trinajstić information content (AvgIpc) is 3.08. The number of Topliss-reactive ketones (excluding diaryl/α,β-unsaturated/α-hetero) is 1. The second kappa shape index (κ2) is 10.4. The lowest BCUT2D eigenvalue weighted by Crippen LogP contribution is -2.25. The van der Waals surface area contributed by atoms with Crippen molar-refractivity contribution in [2.75, 3.05) is 6.61 Å². The lowest BCUT2D eigenvalue weighted by atomic mass is 9.97. The maximum Gasteiger partial charge on any atom is 0.286 e. The molecule has 2 amide bonds. The van der Waals surface area contributed by atoms with Crippen LogP contribution in [0.5, 0.6) is 5.75 Å². The van der Waals surface area contributed by atoms with Crippen molar-refractivity contribution >= 4 is 28.7 Å². The molecule has 1 aliphatic rings. The van der Waals surface area contributed by atoms with E-state index < -0.39 is 0 Å². The zero-order valence-electron chi connectivity index (χ0n) is 17.2. The van der Waals surface area contributed by atoms with Gasteiger partial charge in [0.2, 0.25) is 5.91 Å². The third kappa shape index (κ3) is 5.92. The Hall–Kier alpha value is -2.67. The number of ketones is 1. The highest BCUT2D eigenvalue weighted by atomic mass is 32.2. The van der Waals surface area contributed by atoms with Gasteiger partial charge in [-0.25, -0.2) is 0 Å². The minimum absolute atomic E-state index is 0.104. The molecule has 1 aliphatic heterocycles. The van der Waals surface area contributed by atoms with E-state index in [9.17, 15) is 14.4 Å². The third-order valence-electron chi connectivity index (χ3n) is 5.11. The van der Waals surface area contributed by atoms with Gasteiger partial charge < -0.3 is 4.74 Å². The molecule has 6 nitrogen and oxygen atoms in total. The van der Waals surface area contributed by atoms with Crippen molar-refractivity contribution in [1.29, 1.82) is 0 Å². The second-order valence-electron chi connectivity index (χ2n) is 7.28. The molecular formula is C23H26N2O4S. The van der Waals surface area contributed by atoms with E-state index in [1.165, 1.54) is 0 Å².